The summed E-state index contributed by atoms with van der Waals surface area (Å²) in [5.74, 6) is 0. The van der Waals surface area contributed by atoms with Crippen LogP contribution in [0, 0.1) is 158 Å². The monoisotopic (exact) mass is 1520 g/mol. The fourth-order valence-electron chi connectivity index (χ4n) is 7.97. The number of rotatable bonds is 8. The topological polar surface area (TPSA) is 84.6 Å². The van der Waals surface area contributed by atoms with E-state index in [-0.39, 0.29) is 110 Å². The number of hydrogen-bond acceptors (Lipinski definition) is 0. The molecule has 0 amide bonds. The second-order valence-electron chi connectivity index (χ2n) is 16.6. The maximum Gasteiger partial charge on any atom is 4.00 e. The van der Waals surface area contributed by atoms with Crippen molar-refractivity contribution in [1.82, 2.24) is 0 Å². The first-order chi connectivity index (χ1) is 28.3. The van der Waals surface area contributed by atoms with Crippen LogP contribution in [0.1, 0.15) is 94.5 Å². The fourth-order valence-corrected chi connectivity index (χ4v) is 7.97. The Morgan fingerprint density at radius 1 is 0.328 bits per heavy atom. The van der Waals surface area contributed by atoms with Crippen LogP contribution in [0.4, 0.5) is 22.7 Å². The third kappa shape index (κ3) is 15.9. The molecule has 0 N–H and O–H groups in total. The van der Waals surface area contributed by atoms with Crippen LogP contribution in [0.5, 0.6) is 0 Å². The molecule has 6 nitrogen and oxygen atoms in total. The summed E-state index contributed by atoms with van der Waals surface area (Å²) < 4.78 is 0. The second kappa shape index (κ2) is 26.9. The molecule has 2 radical (unpaired) electrons. The largest absolute Gasteiger partial charge is 4.00 e. The Hall–Kier alpha value is -2.32. The SMILES string of the molecule is C/C([N-]c1c(C)cc(C)cc1C)=C1\[CH]C=C/C(=C(\C)[N-]c2c(C)cc(C)cc2C)[N-]1.C/C([N-]c1c(C)cc(C)cc1C)=C1\[CH]C=C/C(=C(\C)[N-]c2c(C)cc(C)cc2C)[N-]1.[I-].[I-].[U+4].[U+4]. The van der Waals surface area contributed by atoms with Crippen molar-refractivity contribution in [3.8, 4) is 0 Å². The van der Waals surface area contributed by atoms with Crippen molar-refractivity contribution in [3.05, 3.63) is 230 Å². The van der Waals surface area contributed by atoms with Gasteiger partial charge in [-0.3, -0.25) is 0 Å². The number of hydrogen-bond donors (Lipinski definition) is 0. The average molecular weight is 1520 g/mol. The fraction of sp³-hybridized carbons (Fsp3) is 0.296. The molecule has 0 atom stereocenters. The van der Waals surface area contributed by atoms with Gasteiger partial charge in [0.25, 0.3) is 0 Å². The van der Waals surface area contributed by atoms with Crippen LogP contribution in [0.3, 0.4) is 0 Å². The maximum absolute atomic E-state index is 4.91. The standard InChI is InChI=1S/2C27H31N3.2HI.2U/c2*1-16-12-18(3)26(19(4)13-16)28-22(7)24-10-9-11-25(30-24)23(8)29-27-20(5)14-17(2)15-21(27)6;;;;/h2*9-15H,1-8H3;2*1H;;/q2*-3;;;2*+4/p-2/b2*24-22-,25-23-;;;;. The Kier molecular flexibility index (Phi) is 25.1. The molecule has 0 spiro atoms. The van der Waals surface area contributed by atoms with Crippen molar-refractivity contribution in [2.75, 3.05) is 0 Å². The van der Waals surface area contributed by atoms with Gasteiger partial charge in [-0.25, -0.2) is 0 Å². The van der Waals surface area contributed by atoms with Crippen LogP contribution in [-0.2, 0) is 0 Å². The summed E-state index contributed by atoms with van der Waals surface area (Å²) in [6.45, 7) is 33.4. The third-order valence-electron chi connectivity index (χ3n) is 10.6. The summed E-state index contributed by atoms with van der Waals surface area (Å²) in [5, 5.41) is 29.3. The molecule has 0 fully saturated rings. The van der Waals surface area contributed by atoms with Gasteiger partial charge in [0.15, 0.2) is 0 Å². The summed E-state index contributed by atoms with van der Waals surface area (Å²) in [7, 11) is 0. The van der Waals surface area contributed by atoms with Gasteiger partial charge in [-0.05, 0) is 95.9 Å². The molecule has 0 bridgehead atoms. The van der Waals surface area contributed by atoms with Gasteiger partial charge >= 0.3 is 62.2 Å². The Balaban J connectivity index is 0.000000602. The zero-order valence-corrected chi connectivity index (χ0v) is 53.2. The number of benzene rings is 4. The molecule has 4 aromatic carbocycles. The zero-order chi connectivity index (χ0) is 44.0. The molecule has 2 heterocycles. The molecular weight excluding hydrogens is 1460 g/mol. The summed E-state index contributed by atoms with van der Waals surface area (Å²) >= 11 is 0. The second-order valence-corrected chi connectivity index (χ2v) is 16.6. The summed E-state index contributed by atoms with van der Waals surface area (Å²) in [6, 6.07) is 17.4. The Labute approximate surface area is 468 Å². The number of halogens is 2. The molecular formula is C54H62I2N6U2. The minimum atomic E-state index is 0. The summed E-state index contributed by atoms with van der Waals surface area (Å²) in [5.41, 5.74) is 25.8. The van der Waals surface area contributed by atoms with E-state index in [9.17, 15) is 0 Å². The van der Waals surface area contributed by atoms with E-state index in [4.69, 9.17) is 31.9 Å². The molecule has 0 unspecified atom stereocenters. The third-order valence-corrected chi connectivity index (χ3v) is 10.6. The molecule has 0 aliphatic carbocycles. The van der Waals surface area contributed by atoms with E-state index in [0.29, 0.717) is 0 Å². The molecule has 10 heteroatoms. The van der Waals surface area contributed by atoms with Crippen LogP contribution >= 0.6 is 0 Å². The molecule has 64 heavy (non-hydrogen) atoms. The first-order valence-corrected chi connectivity index (χ1v) is 20.8. The molecule has 4 aromatic rings. The molecule has 2 aliphatic rings. The van der Waals surface area contributed by atoms with Gasteiger partial charge in [0.05, 0.1) is 0 Å². The van der Waals surface area contributed by atoms with Crippen LogP contribution in [0.15, 0.2) is 118 Å². The van der Waals surface area contributed by atoms with Gasteiger partial charge in [0.1, 0.15) is 0 Å². The minimum absolute atomic E-state index is 0. The smallest absolute Gasteiger partial charge is 1.00 e. The van der Waals surface area contributed by atoms with Gasteiger partial charge in [-0.2, -0.15) is 45.6 Å². The molecule has 330 valence electrons. The van der Waals surface area contributed by atoms with Crippen molar-refractivity contribution < 1.29 is 110 Å². The molecule has 0 aromatic heterocycles. The van der Waals surface area contributed by atoms with Gasteiger partial charge in [-0.15, -0.1) is 22.7 Å². The van der Waals surface area contributed by atoms with E-state index in [0.717, 1.165) is 68.3 Å². The number of aryl methyl sites for hydroxylation is 12. The summed E-state index contributed by atoms with van der Waals surface area (Å²) in [6.07, 6.45) is 12.1. The maximum atomic E-state index is 4.91. The van der Waals surface area contributed by atoms with Crippen molar-refractivity contribution in [3.63, 3.8) is 0 Å². The van der Waals surface area contributed by atoms with E-state index >= 15 is 0 Å². The van der Waals surface area contributed by atoms with Crippen molar-refractivity contribution in [2.45, 2.75) is 111 Å². The number of nitrogens with zero attached hydrogens (tertiary/aromatic N) is 6. The van der Waals surface area contributed by atoms with Gasteiger partial charge in [0.2, 0.25) is 0 Å². The van der Waals surface area contributed by atoms with Gasteiger partial charge < -0.3 is 79.9 Å². The van der Waals surface area contributed by atoms with Crippen molar-refractivity contribution >= 4 is 22.7 Å². The van der Waals surface area contributed by atoms with Crippen molar-refractivity contribution in [1.29, 1.82) is 0 Å². The van der Waals surface area contributed by atoms with Crippen molar-refractivity contribution in [2.24, 2.45) is 0 Å². The first-order valence-electron chi connectivity index (χ1n) is 20.8. The minimum Gasteiger partial charge on any atom is -1.00 e. The Bertz CT molecular complexity index is 2240. The number of allylic oxidation sites excluding steroid dienone is 8. The van der Waals surface area contributed by atoms with Crippen LogP contribution < -0.4 is 48.0 Å². The van der Waals surface area contributed by atoms with E-state index in [1.165, 1.54) is 66.8 Å². The normalized spacial score (nSPS) is 15.8. The Morgan fingerprint density at radius 2 is 0.516 bits per heavy atom. The average Bonchev–Trinajstić information content (AvgIpc) is 3.17. The Morgan fingerprint density at radius 3 is 0.719 bits per heavy atom. The van der Waals surface area contributed by atoms with E-state index < -0.39 is 0 Å². The molecule has 2 aliphatic heterocycles. The first kappa shape index (κ1) is 59.7. The van der Waals surface area contributed by atoms with Crippen LogP contribution in [0.2, 0.25) is 0 Å². The molecule has 6 rings (SSSR count). The van der Waals surface area contributed by atoms with E-state index in [1.54, 1.807) is 0 Å². The molecule has 0 saturated carbocycles. The van der Waals surface area contributed by atoms with Crippen LogP contribution in [-0.4, -0.2) is 0 Å². The molecule has 0 saturated heterocycles. The quantitative estimate of drug-likeness (QED) is 0.158. The predicted molar refractivity (Wildman–Crippen MR) is 259 cm³/mol. The van der Waals surface area contributed by atoms with Crippen LogP contribution in [0.25, 0.3) is 31.9 Å². The predicted octanol–water partition coefficient (Wildman–Crippen LogP) is 11.7. The van der Waals surface area contributed by atoms with E-state index in [2.05, 4.69) is 132 Å². The van der Waals surface area contributed by atoms with E-state index in [1.807, 2.05) is 64.8 Å². The zero-order valence-electron chi connectivity index (χ0n) is 40.5. The van der Waals surface area contributed by atoms with Gasteiger partial charge in [-0.1, -0.05) is 167 Å². The van der Waals surface area contributed by atoms with Gasteiger partial charge in [0, 0.05) is 0 Å². The summed E-state index contributed by atoms with van der Waals surface area (Å²) in [4.78, 5) is 0.